The Bertz CT molecular complexity index is 680. The summed E-state index contributed by atoms with van der Waals surface area (Å²) in [4.78, 5) is 28.5. The van der Waals surface area contributed by atoms with Gasteiger partial charge < -0.3 is 10.1 Å². The fourth-order valence-corrected chi connectivity index (χ4v) is 3.13. The molecule has 0 unspecified atom stereocenters. The van der Waals surface area contributed by atoms with Gasteiger partial charge in [0.05, 0.1) is 12.2 Å². The summed E-state index contributed by atoms with van der Waals surface area (Å²) in [5.41, 5.74) is 1.66. The topological polar surface area (TPSA) is 68.3 Å². The fraction of sp³-hybridized carbons (Fsp3) is 0.353. The van der Waals surface area contributed by atoms with E-state index in [1.54, 1.807) is 31.3 Å². The highest BCUT2D eigenvalue weighted by molar-refractivity contribution is 7.15. The Kier molecular flexibility index (Phi) is 5.87. The number of hydrogen-bond donors (Lipinski definition) is 1. The van der Waals surface area contributed by atoms with Crippen molar-refractivity contribution in [1.29, 1.82) is 0 Å². The van der Waals surface area contributed by atoms with Gasteiger partial charge in [-0.1, -0.05) is 19.9 Å². The van der Waals surface area contributed by atoms with Crippen LogP contribution in [0.25, 0.3) is 0 Å². The summed E-state index contributed by atoms with van der Waals surface area (Å²) >= 11 is 1.33. The molecule has 1 amide bonds. The number of ether oxygens (including phenoxy) is 1. The van der Waals surface area contributed by atoms with Crippen LogP contribution in [0.2, 0.25) is 0 Å². The monoisotopic (exact) mass is 332 g/mol. The number of nitrogens with zero attached hydrogens (tertiary/aromatic N) is 1. The number of thiophene rings is 1. The van der Waals surface area contributed by atoms with Crippen LogP contribution >= 0.6 is 11.3 Å². The number of esters is 1. The van der Waals surface area contributed by atoms with Crippen LogP contribution in [-0.2, 0) is 11.2 Å². The lowest BCUT2D eigenvalue weighted by Crippen LogP contribution is -2.16. The maximum absolute atomic E-state index is 12.3. The van der Waals surface area contributed by atoms with E-state index in [0.717, 1.165) is 12.0 Å². The molecule has 2 aromatic rings. The molecule has 23 heavy (non-hydrogen) atoms. The van der Waals surface area contributed by atoms with E-state index in [0.29, 0.717) is 28.8 Å². The Balaban J connectivity index is 2.29. The third-order valence-electron chi connectivity index (χ3n) is 3.10. The molecule has 0 aliphatic rings. The van der Waals surface area contributed by atoms with Crippen LogP contribution in [-0.4, -0.2) is 23.5 Å². The minimum absolute atomic E-state index is 0.295. The lowest BCUT2D eigenvalue weighted by molar-refractivity contribution is 0.0527. The molecule has 5 nitrogen and oxygen atoms in total. The van der Waals surface area contributed by atoms with Gasteiger partial charge in [0.2, 0.25) is 0 Å². The number of hydrogen-bond acceptors (Lipinski definition) is 5. The molecule has 2 heterocycles. The van der Waals surface area contributed by atoms with E-state index in [4.69, 9.17) is 4.74 Å². The van der Waals surface area contributed by atoms with Gasteiger partial charge in [0.1, 0.15) is 10.7 Å². The van der Waals surface area contributed by atoms with Crippen molar-refractivity contribution >= 4 is 28.2 Å². The number of rotatable bonds is 6. The Morgan fingerprint density at radius 2 is 2.13 bits per heavy atom. The maximum Gasteiger partial charge on any atom is 0.341 e. The number of carbonyl (C=O) groups excluding carboxylic acids is 2. The first-order valence-electron chi connectivity index (χ1n) is 7.52. The van der Waals surface area contributed by atoms with Gasteiger partial charge in [-0.3, -0.25) is 9.78 Å². The first kappa shape index (κ1) is 17.1. The molecule has 2 rings (SSSR count). The SMILES string of the molecule is CCOC(=O)c1c(CC(C)C)csc1NC(=O)c1ccccn1. The third kappa shape index (κ3) is 4.39. The molecule has 0 aromatic carbocycles. The normalized spacial score (nSPS) is 10.6. The van der Waals surface area contributed by atoms with Crippen LogP contribution in [0, 0.1) is 5.92 Å². The summed E-state index contributed by atoms with van der Waals surface area (Å²) in [7, 11) is 0. The van der Waals surface area contributed by atoms with Gasteiger partial charge in [0, 0.05) is 6.20 Å². The lowest BCUT2D eigenvalue weighted by Gasteiger charge is -2.09. The van der Waals surface area contributed by atoms with E-state index in [1.807, 2.05) is 5.38 Å². The molecule has 1 N–H and O–H groups in total. The molecule has 0 radical (unpaired) electrons. The number of anilines is 1. The molecule has 0 spiro atoms. The summed E-state index contributed by atoms with van der Waals surface area (Å²) in [5, 5.41) is 5.19. The van der Waals surface area contributed by atoms with Gasteiger partial charge in [-0.2, -0.15) is 0 Å². The van der Waals surface area contributed by atoms with Gasteiger partial charge in [0.15, 0.2) is 0 Å². The summed E-state index contributed by atoms with van der Waals surface area (Å²) in [5.74, 6) is -0.341. The van der Waals surface area contributed by atoms with Gasteiger partial charge >= 0.3 is 5.97 Å². The second kappa shape index (κ2) is 7.87. The number of amides is 1. The zero-order valence-electron chi connectivity index (χ0n) is 13.5. The van der Waals surface area contributed by atoms with Gasteiger partial charge in [-0.15, -0.1) is 11.3 Å². The smallest absolute Gasteiger partial charge is 0.341 e. The second-order valence-electron chi connectivity index (χ2n) is 5.45. The predicted octanol–water partition coefficient (Wildman–Crippen LogP) is 3.77. The van der Waals surface area contributed by atoms with Gasteiger partial charge in [0.25, 0.3) is 5.91 Å². The third-order valence-corrected chi connectivity index (χ3v) is 4.04. The van der Waals surface area contributed by atoms with Crippen molar-refractivity contribution in [1.82, 2.24) is 4.98 Å². The Hall–Kier alpha value is -2.21. The van der Waals surface area contributed by atoms with Crippen LogP contribution in [0.15, 0.2) is 29.8 Å². The summed E-state index contributed by atoms with van der Waals surface area (Å²) < 4.78 is 5.14. The van der Waals surface area contributed by atoms with E-state index in [-0.39, 0.29) is 5.91 Å². The molecular weight excluding hydrogens is 312 g/mol. The molecule has 0 fully saturated rings. The quantitative estimate of drug-likeness (QED) is 0.818. The average Bonchev–Trinajstić information content (AvgIpc) is 2.90. The van der Waals surface area contributed by atoms with Crippen molar-refractivity contribution in [3.8, 4) is 0 Å². The maximum atomic E-state index is 12.3. The van der Waals surface area contributed by atoms with Crippen LogP contribution in [0.1, 0.15) is 47.2 Å². The number of pyridine rings is 1. The van der Waals surface area contributed by atoms with E-state index < -0.39 is 5.97 Å². The van der Waals surface area contributed by atoms with Crippen molar-refractivity contribution < 1.29 is 14.3 Å². The van der Waals surface area contributed by atoms with Gasteiger partial charge in [-0.25, -0.2) is 4.79 Å². The number of nitrogens with one attached hydrogen (secondary N) is 1. The highest BCUT2D eigenvalue weighted by Crippen LogP contribution is 2.31. The predicted molar refractivity (Wildman–Crippen MR) is 91.0 cm³/mol. The van der Waals surface area contributed by atoms with Gasteiger partial charge in [-0.05, 0) is 42.3 Å². The lowest BCUT2D eigenvalue weighted by atomic mass is 10.0. The molecule has 122 valence electrons. The minimum atomic E-state index is -0.402. The van der Waals surface area contributed by atoms with Crippen LogP contribution < -0.4 is 5.32 Å². The summed E-state index contributed by atoms with van der Waals surface area (Å²) in [6.45, 7) is 6.22. The van der Waals surface area contributed by atoms with Crippen LogP contribution in [0.3, 0.4) is 0 Å². The molecule has 0 bridgehead atoms. The van der Waals surface area contributed by atoms with Crippen LogP contribution in [0.5, 0.6) is 0 Å². The first-order chi connectivity index (χ1) is 11.0. The van der Waals surface area contributed by atoms with Crippen molar-refractivity contribution in [3.63, 3.8) is 0 Å². The first-order valence-corrected chi connectivity index (χ1v) is 8.40. The second-order valence-corrected chi connectivity index (χ2v) is 6.33. The van der Waals surface area contributed by atoms with Crippen molar-refractivity contribution in [2.75, 3.05) is 11.9 Å². The van der Waals surface area contributed by atoms with Crippen molar-refractivity contribution in [3.05, 3.63) is 46.6 Å². The highest BCUT2D eigenvalue weighted by Gasteiger charge is 2.22. The molecule has 0 aliphatic heterocycles. The van der Waals surface area contributed by atoms with E-state index >= 15 is 0 Å². The Labute approximate surface area is 139 Å². The average molecular weight is 332 g/mol. The molecule has 0 saturated carbocycles. The molecule has 0 aliphatic carbocycles. The summed E-state index contributed by atoms with van der Waals surface area (Å²) in [6.07, 6.45) is 2.31. The molecular formula is C17H20N2O3S. The van der Waals surface area contributed by atoms with E-state index in [2.05, 4.69) is 24.1 Å². The molecule has 0 atom stereocenters. The van der Waals surface area contributed by atoms with E-state index in [9.17, 15) is 9.59 Å². The fourth-order valence-electron chi connectivity index (χ4n) is 2.17. The zero-order chi connectivity index (χ0) is 16.8. The standard InChI is InChI=1S/C17H20N2O3S/c1-4-22-17(21)14-12(9-11(2)3)10-23-16(14)19-15(20)13-7-5-6-8-18-13/h5-8,10-11H,4,9H2,1-3H3,(H,19,20). The molecule has 0 saturated heterocycles. The zero-order valence-corrected chi connectivity index (χ0v) is 14.3. The van der Waals surface area contributed by atoms with Crippen LogP contribution in [0.4, 0.5) is 5.00 Å². The Morgan fingerprint density at radius 1 is 1.35 bits per heavy atom. The number of carbonyl (C=O) groups is 2. The van der Waals surface area contributed by atoms with Crippen molar-refractivity contribution in [2.24, 2.45) is 5.92 Å². The summed E-state index contributed by atoms with van der Waals surface area (Å²) in [6, 6.07) is 5.11. The Morgan fingerprint density at radius 3 is 2.74 bits per heavy atom. The van der Waals surface area contributed by atoms with E-state index in [1.165, 1.54) is 11.3 Å². The highest BCUT2D eigenvalue weighted by atomic mass is 32.1. The van der Waals surface area contributed by atoms with Crippen molar-refractivity contribution in [2.45, 2.75) is 27.2 Å². The molecule has 2 aromatic heterocycles. The number of aromatic nitrogens is 1. The molecule has 6 heteroatoms. The minimum Gasteiger partial charge on any atom is -0.462 e. The largest absolute Gasteiger partial charge is 0.462 e.